The van der Waals surface area contributed by atoms with E-state index in [2.05, 4.69) is 10.2 Å². The Bertz CT molecular complexity index is 986. The van der Waals surface area contributed by atoms with Crippen molar-refractivity contribution in [2.24, 2.45) is 5.92 Å². The monoisotopic (exact) mass is 493 g/mol. The predicted octanol–water partition coefficient (Wildman–Crippen LogP) is 5.60. The van der Waals surface area contributed by atoms with E-state index in [0.29, 0.717) is 58.4 Å². The molecule has 1 aliphatic heterocycles. The largest absolute Gasteiger partial charge is 0.336 e. The van der Waals surface area contributed by atoms with Crippen LogP contribution in [0.15, 0.2) is 42.5 Å². The molecule has 0 bridgehead atoms. The molecule has 2 aliphatic rings. The minimum absolute atomic E-state index is 0.00317. The van der Waals surface area contributed by atoms with E-state index in [1.807, 2.05) is 17.0 Å². The fourth-order valence-electron chi connectivity index (χ4n) is 4.75. The molecule has 8 heteroatoms. The Kier molecular flexibility index (Phi) is 7.62. The molecule has 5 nitrogen and oxygen atoms in total. The molecule has 0 spiro atoms. The molecule has 1 aliphatic carbocycles. The number of piperazine rings is 1. The highest BCUT2D eigenvalue weighted by atomic mass is 35.5. The van der Waals surface area contributed by atoms with Crippen molar-refractivity contribution < 1.29 is 9.59 Å². The number of amides is 2. The van der Waals surface area contributed by atoms with Gasteiger partial charge in [0.2, 0.25) is 5.91 Å². The zero-order valence-corrected chi connectivity index (χ0v) is 20.0. The van der Waals surface area contributed by atoms with Gasteiger partial charge in [0.05, 0.1) is 16.1 Å². The number of anilines is 1. The SMILES string of the molecule is O=C(Nc1cccc(Cl)c1)C(C1CCCC1)N1CCN(C(=O)c2ccc(Cl)c(Cl)c2)CC1. The van der Waals surface area contributed by atoms with Gasteiger partial charge in [0.25, 0.3) is 5.91 Å². The van der Waals surface area contributed by atoms with E-state index in [0.717, 1.165) is 25.7 Å². The van der Waals surface area contributed by atoms with Crippen molar-refractivity contribution in [3.8, 4) is 0 Å². The highest BCUT2D eigenvalue weighted by molar-refractivity contribution is 6.42. The molecular formula is C24H26Cl3N3O2. The van der Waals surface area contributed by atoms with Crippen LogP contribution >= 0.6 is 34.8 Å². The molecule has 1 saturated heterocycles. The van der Waals surface area contributed by atoms with Crippen molar-refractivity contribution in [3.63, 3.8) is 0 Å². The van der Waals surface area contributed by atoms with E-state index in [1.165, 1.54) is 0 Å². The maximum atomic E-state index is 13.3. The Morgan fingerprint density at radius 2 is 1.62 bits per heavy atom. The van der Waals surface area contributed by atoms with Gasteiger partial charge >= 0.3 is 0 Å². The third-order valence-corrected chi connectivity index (χ3v) is 7.34. The lowest BCUT2D eigenvalue weighted by atomic mass is 9.94. The van der Waals surface area contributed by atoms with Gasteiger partial charge in [-0.1, -0.05) is 53.7 Å². The first kappa shape index (κ1) is 23.4. The van der Waals surface area contributed by atoms with Gasteiger partial charge in [-0.2, -0.15) is 0 Å². The van der Waals surface area contributed by atoms with Crippen molar-refractivity contribution in [3.05, 3.63) is 63.1 Å². The van der Waals surface area contributed by atoms with Crippen LogP contribution < -0.4 is 5.32 Å². The van der Waals surface area contributed by atoms with E-state index >= 15 is 0 Å². The Morgan fingerprint density at radius 1 is 0.906 bits per heavy atom. The Balaban J connectivity index is 1.43. The summed E-state index contributed by atoms with van der Waals surface area (Å²) >= 11 is 18.1. The zero-order valence-electron chi connectivity index (χ0n) is 17.7. The molecule has 2 fully saturated rings. The molecule has 1 atom stereocenters. The second-order valence-electron chi connectivity index (χ2n) is 8.45. The lowest BCUT2D eigenvalue weighted by Gasteiger charge is -2.40. The summed E-state index contributed by atoms with van der Waals surface area (Å²) in [5.41, 5.74) is 1.23. The Morgan fingerprint density at radius 3 is 2.28 bits per heavy atom. The molecule has 1 unspecified atom stereocenters. The second kappa shape index (κ2) is 10.4. The van der Waals surface area contributed by atoms with Gasteiger partial charge in [-0.25, -0.2) is 0 Å². The third-order valence-electron chi connectivity index (χ3n) is 6.37. The maximum absolute atomic E-state index is 13.3. The molecule has 0 aromatic heterocycles. The molecule has 2 aromatic carbocycles. The summed E-state index contributed by atoms with van der Waals surface area (Å²) in [6, 6.07) is 12.0. The number of nitrogens with one attached hydrogen (secondary N) is 1. The first-order chi connectivity index (χ1) is 15.4. The highest BCUT2D eigenvalue weighted by Gasteiger charge is 2.37. The summed E-state index contributed by atoms with van der Waals surface area (Å²) in [7, 11) is 0. The first-order valence-electron chi connectivity index (χ1n) is 11.0. The number of nitrogens with zero attached hydrogens (tertiary/aromatic N) is 2. The highest BCUT2D eigenvalue weighted by Crippen LogP contribution is 2.32. The molecule has 170 valence electrons. The molecule has 4 rings (SSSR count). The molecule has 1 N–H and O–H groups in total. The number of hydrogen-bond acceptors (Lipinski definition) is 3. The molecule has 2 aromatic rings. The normalized spacial score (nSPS) is 18.5. The summed E-state index contributed by atoms with van der Waals surface area (Å²) in [6.07, 6.45) is 4.41. The molecule has 1 saturated carbocycles. The quantitative estimate of drug-likeness (QED) is 0.588. The van der Waals surface area contributed by atoms with Crippen LogP contribution in [0.3, 0.4) is 0 Å². The first-order valence-corrected chi connectivity index (χ1v) is 12.1. The van der Waals surface area contributed by atoms with Crippen molar-refractivity contribution in [1.29, 1.82) is 0 Å². The van der Waals surface area contributed by atoms with Crippen molar-refractivity contribution in [1.82, 2.24) is 9.80 Å². The summed E-state index contributed by atoms with van der Waals surface area (Å²) in [5, 5.41) is 4.45. The smallest absolute Gasteiger partial charge is 0.253 e. The fourth-order valence-corrected chi connectivity index (χ4v) is 5.24. The van der Waals surface area contributed by atoms with Gasteiger partial charge in [-0.3, -0.25) is 14.5 Å². The molecular weight excluding hydrogens is 469 g/mol. The van der Waals surface area contributed by atoms with Crippen LogP contribution in [0.1, 0.15) is 36.0 Å². The number of rotatable bonds is 5. The average molecular weight is 495 g/mol. The van der Waals surface area contributed by atoms with Gasteiger partial charge in [0.15, 0.2) is 0 Å². The Labute approximate surface area is 203 Å². The summed E-state index contributed by atoms with van der Waals surface area (Å²) in [5.74, 6) is 0.263. The van der Waals surface area contributed by atoms with Gasteiger partial charge < -0.3 is 10.2 Å². The maximum Gasteiger partial charge on any atom is 0.253 e. The Hall–Kier alpha value is -1.79. The van der Waals surface area contributed by atoms with Crippen LogP contribution in [0.4, 0.5) is 5.69 Å². The molecule has 2 amide bonds. The van der Waals surface area contributed by atoms with E-state index < -0.39 is 0 Å². The number of carbonyl (C=O) groups is 2. The van der Waals surface area contributed by atoms with Crippen LogP contribution in [0.2, 0.25) is 15.1 Å². The third kappa shape index (κ3) is 5.40. The number of hydrogen-bond donors (Lipinski definition) is 1. The van der Waals surface area contributed by atoms with Crippen LogP contribution in [-0.2, 0) is 4.79 Å². The van der Waals surface area contributed by atoms with Crippen LogP contribution in [0.5, 0.6) is 0 Å². The number of benzene rings is 2. The topological polar surface area (TPSA) is 52.7 Å². The summed E-state index contributed by atoms with van der Waals surface area (Å²) in [6.45, 7) is 2.42. The molecule has 1 heterocycles. The van der Waals surface area contributed by atoms with E-state index in [-0.39, 0.29) is 17.9 Å². The van der Waals surface area contributed by atoms with Gasteiger partial charge in [0, 0.05) is 42.5 Å². The van der Waals surface area contributed by atoms with Crippen LogP contribution in [0, 0.1) is 5.92 Å². The predicted molar refractivity (Wildman–Crippen MR) is 130 cm³/mol. The molecule has 32 heavy (non-hydrogen) atoms. The standard InChI is InChI=1S/C24H26Cl3N3O2/c25-18-6-3-7-19(15-18)28-23(31)22(16-4-1-2-5-16)29-10-12-30(13-11-29)24(32)17-8-9-20(26)21(27)14-17/h3,6-9,14-16,22H,1-2,4-5,10-13H2,(H,28,31). The minimum Gasteiger partial charge on any atom is -0.336 e. The van der Waals surface area contributed by atoms with Crippen molar-refractivity contribution in [2.45, 2.75) is 31.7 Å². The lowest BCUT2D eigenvalue weighted by molar-refractivity contribution is -0.123. The fraction of sp³-hybridized carbons (Fsp3) is 0.417. The van der Waals surface area contributed by atoms with Crippen LogP contribution in [-0.4, -0.2) is 53.8 Å². The van der Waals surface area contributed by atoms with E-state index in [4.69, 9.17) is 34.8 Å². The summed E-state index contributed by atoms with van der Waals surface area (Å²) < 4.78 is 0. The second-order valence-corrected chi connectivity index (χ2v) is 9.70. The van der Waals surface area contributed by atoms with Crippen LogP contribution in [0.25, 0.3) is 0 Å². The van der Waals surface area contributed by atoms with Gasteiger partial charge in [0.1, 0.15) is 0 Å². The molecule has 0 radical (unpaired) electrons. The number of halogens is 3. The van der Waals surface area contributed by atoms with E-state index in [9.17, 15) is 9.59 Å². The van der Waals surface area contributed by atoms with E-state index in [1.54, 1.807) is 30.3 Å². The zero-order chi connectivity index (χ0) is 22.7. The van der Waals surface area contributed by atoms with Gasteiger partial charge in [-0.05, 0) is 55.2 Å². The summed E-state index contributed by atoms with van der Waals surface area (Å²) in [4.78, 5) is 30.3. The van der Waals surface area contributed by atoms with Gasteiger partial charge in [-0.15, -0.1) is 0 Å². The minimum atomic E-state index is -0.210. The van der Waals surface area contributed by atoms with Crippen molar-refractivity contribution >= 4 is 52.3 Å². The lowest BCUT2D eigenvalue weighted by Crippen LogP contribution is -2.56. The average Bonchev–Trinajstić information content (AvgIpc) is 3.30. The number of carbonyl (C=O) groups excluding carboxylic acids is 2. The van der Waals surface area contributed by atoms with Crippen molar-refractivity contribution in [2.75, 3.05) is 31.5 Å².